The number of pyridine rings is 1. The first-order valence-electron chi connectivity index (χ1n) is 13.0. The molecule has 1 aromatic rings. The second kappa shape index (κ2) is 8.25. The van der Waals surface area contributed by atoms with Crippen LogP contribution in [0, 0.1) is 34.5 Å². The number of hydrogen-bond donors (Lipinski definition) is 1. The fraction of sp³-hybridized carbons (Fsp3) is 0.679. The molecule has 2 amide bonds. The minimum atomic E-state index is 0.0817. The number of hydrogen-bond acceptors (Lipinski definition) is 3. The predicted molar refractivity (Wildman–Crippen MR) is 130 cm³/mol. The van der Waals surface area contributed by atoms with Crippen LogP contribution < -0.4 is 5.32 Å². The van der Waals surface area contributed by atoms with Gasteiger partial charge in [-0.25, -0.2) is 4.98 Å². The van der Waals surface area contributed by atoms with Gasteiger partial charge in [-0.1, -0.05) is 32.9 Å². The molecule has 2 heterocycles. The highest BCUT2D eigenvalue weighted by atomic mass is 16.2. The van der Waals surface area contributed by atoms with E-state index in [9.17, 15) is 9.59 Å². The molecular formula is C28H39N3O2. The van der Waals surface area contributed by atoms with Gasteiger partial charge in [0.25, 0.3) is 0 Å². The van der Waals surface area contributed by atoms with E-state index in [1.807, 2.05) is 36.2 Å². The number of anilines is 1. The highest BCUT2D eigenvalue weighted by Gasteiger charge is 2.60. The Morgan fingerprint density at radius 2 is 1.97 bits per heavy atom. The number of carbonyl (C=O) groups excluding carboxylic acids is 2. The summed E-state index contributed by atoms with van der Waals surface area (Å²) in [6.07, 6.45) is 12.6. The molecule has 1 N–H and O–H groups in total. The van der Waals surface area contributed by atoms with E-state index in [0.717, 1.165) is 25.0 Å². The Morgan fingerprint density at radius 1 is 1.15 bits per heavy atom. The first-order valence-corrected chi connectivity index (χ1v) is 13.0. The zero-order valence-electron chi connectivity index (χ0n) is 20.6. The van der Waals surface area contributed by atoms with Crippen molar-refractivity contribution in [2.24, 2.45) is 34.5 Å². The maximum absolute atomic E-state index is 13.0. The van der Waals surface area contributed by atoms with Crippen LogP contribution in [0.25, 0.3) is 0 Å². The molecular weight excluding hydrogens is 410 g/mol. The molecule has 3 aliphatic carbocycles. The van der Waals surface area contributed by atoms with Gasteiger partial charge in [-0.05, 0) is 92.2 Å². The predicted octanol–water partition coefficient (Wildman–Crippen LogP) is 5.23. The van der Waals surface area contributed by atoms with Gasteiger partial charge in [0, 0.05) is 30.6 Å². The zero-order chi connectivity index (χ0) is 23.4. The number of nitrogens with zero attached hydrogens (tertiary/aromatic N) is 2. The van der Waals surface area contributed by atoms with Crippen molar-refractivity contribution in [3.63, 3.8) is 0 Å². The van der Waals surface area contributed by atoms with Gasteiger partial charge in [0.15, 0.2) is 0 Å². The Labute approximate surface area is 198 Å². The summed E-state index contributed by atoms with van der Waals surface area (Å²) in [5.74, 6) is 3.40. The van der Waals surface area contributed by atoms with E-state index in [1.54, 1.807) is 0 Å². The third-order valence-corrected chi connectivity index (χ3v) is 10.2. The Balaban J connectivity index is 1.30. The molecule has 0 spiro atoms. The minimum Gasteiger partial charge on any atom is -0.338 e. The molecule has 0 aromatic carbocycles. The maximum atomic E-state index is 13.0. The Morgan fingerprint density at radius 3 is 2.76 bits per heavy atom. The third-order valence-electron chi connectivity index (χ3n) is 10.2. The van der Waals surface area contributed by atoms with Crippen molar-refractivity contribution in [1.29, 1.82) is 0 Å². The third kappa shape index (κ3) is 3.63. The van der Waals surface area contributed by atoms with Crippen LogP contribution in [-0.2, 0) is 16.0 Å². The summed E-state index contributed by atoms with van der Waals surface area (Å²) in [5.41, 5.74) is 1.32. The van der Waals surface area contributed by atoms with E-state index in [1.165, 1.54) is 25.7 Å². The summed E-state index contributed by atoms with van der Waals surface area (Å²) >= 11 is 0. The van der Waals surface area contributed by atoms with Gasteiger partial charge >= 0.3 is 0 Å². The van der Waals surface area contributed by atoms with Gasteiger partial charge in [0.1, 0.15) is 5.82 Å². The number of amides is 2. The Hall–Kier alpha value is -2.17. The van der Waals surface area contributed by atoms with Crippen LogP contribution >= 0.6 is 0 Å². The van der Waals surface area contributed by atoms with Crippen molar-refractivity contribution in [2.75, 3.05) is 12.4 Å². The zero-order valence-corrected chi connectivity index (χ0v) is 20.6. The molecule has 5 rings (SSSR count). The molecule has 7 atom stereocenters. The lowest BCUT2D eigenvalue weighted by atomic mass is 9.47. The SMILES string of the molecule is CCc1cccc(NC(=O)C[C@H]2CC[C@H]3[C@@H]4CC[C@H]5N(C)C(=O)C=C[C@]5(C)[C@H]4CC[C@]23C)n1. The van der Waals surface area contributed by atoms with Crippen LogP contribution in [0.1, 0.15) is 71.4 Å². The lowest BCUT2D eigenvalue weighted by Gasteiger charge is -2.60. The molecule has 3 saturated carbocycles. The average molecular weight is 450 g/mol. The van der Waals surface area contributed by atoms with Crippen molar-refractivity contribution < 1.29 is 9.59 Å². The quantitative estimate of drug-likeness (QED) is 0.685. The number of aryl methyl sites for hydroxylation is 1. The van der Waals surface area contributed by atoms with E-state index < -0.39 is 0 Å². The first-order chi connectivity index (χ1) is 15.8. The molecule has 5 heteroatoms. The molecule has 1 aliphatic heterocycles. The molecule has 4 aliphatic rings. The standard InChI is InChI=1S/C28H39N3O2/c1-5-19-7-6-8-24(29-19)30-25(32)17-18-9-11-21-20-10-12-23-28(3,16-14-26(33)31(23)4)22(20)13-15-27(18,21)2/h6-8,14,16,18,20-23H,5,9-13,15,17H2,1-4H3,(H,29,30,32)/t18-,20+,21+,22+,23-,27-,28-/m1/s1. The second-order valence-corrected chi connectivity index (χ2v) is 11.6. The van der Waals surface area contributed by atoms with Crippen LogP contribution in [0.2, 0.25) is 0 Å². The highest BCUT2D eigenvalue weighted by Crippen LogP contribution is 2.65. The van der Waals surface area contributed by atoms with Crippen LogP contribution in [-0.4, -0.2) is 34.8 Å². The summed E-state index contributed by atoms with van der Waals surface area (Å²) in [7, 11) is 1.98. The summed E-state index contributed by atoms with van der Waals surface area (Å²) in [6.45, 7) is 6.94. The summed E-state index contributed by atoms with van der Waals surface area (Å²) in [6, 6.07) is 6.19. The van der Waals surface area contributed by atoms with Gasteiger partial charge in [-0.2, -0.15) is 0 Å². The van der Waals surface area contributed by atoms with E-state index in [-0.39, 0.29) is 22.6 Å². The monoisotopic (exact) mass is 449 g/mol. The summed E-state index contributed by atoms with van der Waals surface area (Å²) < 4.78 is 0. The highest BCUT2D eigenvalue weighted by molar-refractivity contribution is 5.90. The number of aromatic nitrogens is 1. The molecule has 0 bridgehead atoms. The van der Waals surface area contributed by atoms with Gasteiger partial charge in [0.05, 0.1) is 0 Å². The Bertz CT molecular complexity index is 974. The van der Waals surface area contributed by atoms with Crippen molar-refractivity contribution in [3.8, 4) is 0 Å². The lowest BCUT2D eigenvalue weighted by molar-refractivity contribution is -0.139. The molecule has 33 heavy (non-hydrogen) atoms. The molecule has 0 radical (unpaired) electrons. The topological polar surface area (TPSA) is 62.3 Å². The maximum Gasteiger partial charge on any atom is 0.246 e. The van der Waals surface area contributed by atoms with E-state index >= 15 is 0 Å². The van der Waals surface area contributed by atoms with Gasteiger partial charge in [-0.15, -0.1) is 0 Å². The molecule has 0 unspecified atom stereocenters. The van der Waals surface area contributed by atoms with E-state index in [0.29, 0.717) is 42.0 Å². The fourth-order valence-corrected chi connectivity index (χ4v) is 8.35. The molecule has 1 aromatic heterocycles. The van der Waals surface area contributed by atoms with Crippen LogP contribution in [0.3, 0.4) is 0 Å². The first kappa shape index (κ1) is 22.6. The van der Waals surface area contributed by atoms with E-state index in [2.05, 4.69) is 37.1 Å². The number of rotatable bonds is 4. The smallest absolute Gasteiger partial charge is 0.246 e. The average Bonchev–Trinajstić information content (AvgIpc) is 3.13. The van der Waals surface area contributed by atoms with Crippen molar-refractivity contribution in [2.45, 2.75) is 78.2 Å². The van der Waals surface area contributed by atoms with Crippen LogP contribution in [0.5, 0.6) is 0 Å². The van der Waals surface area contributed by atoms with Crippen LogP contribution in [0.4, 0.5) is 5.82 Å². The van der Waals surface area contributed by atoms with Crippen molar-refractivity contribution in [3.05, 3.63) is 36.0 Å². The molecule has 5 nitrogen and oxygen atoms in total. The number of nitrogens with one attached hydrogen (secondary N) is 1. The molecule has 0 saturated heterocycles. The number of carbonyl (C=O) groups is 2. The Kier molecular flexibility index (Phi) is 5.65. The van der Waals surface area contributed by atoms with Gasteiger partial charge < -0.3 is 10.2 Å². The number of likely N-dealkylation sites (N-methyl/N-ethyl adjacent to an activating group) is 1. The summed E-state index contributed by atoms with van der Waals surface area (Å²) in [4.78, 5) is 31.8. The van der Waals surface area contributed by atoms with Gasteiger partial charge in [-0.3, -0.25) is 9.59 Å². The van der Waals surface area contributed by atoms with Crippen molar-refractivity contribution in [1.82, 2.24) is 9.88 Å². The normalized spacial score (nSPS) is 39.6. The molecule has 178 valence electrons. The summed E-state index contributed by atoms with van der Waals surface area (Å²) in [5, 5.41) is 3.07. The second-order valence-electron chi connectivity index (χ2n) is 11.6. The molecule has 3 fully saturated rings. The van der Waals surface area contributed by atoms with E-state index in [4.69, 9.17) is 0 Å². The largest absolute Gasteiger partial charge is 0.338 e. The lowest BCUT2D eigenvalue weighted by Crippen LogP contribution is -2.59. The fourth-order valence-electron chi connectivity index (χ4n) is 8.35. The van der Waals surface area contributed by atoms with Crippen LogP contribution in [0.15, 0.2) is 30.4 Å². The number of fused-ring (bicyclic) bond motifs is 5. The van der Waals surface area contributed by atoms with Gasteiger partial charge in [0.2, 0.25) is 11.8 Å². The van der Waals surface area contributed by atoms with Crippen molar-refractivity contribution >= 4 is 17.6 Å². The minimum absolute atomic E-state index is 0.0817.